The average Bonchev–Trinajstić information content (AvgIpc) is 3.28. The topological polar surface area (TPSA) is 60.0 Å². The van der Waals surface area contributed by atoms with E-state index in [1.165, 1.54) is 5.56 Å². The summed E-state index contributed by atoms with van der Waals surface area (Å²) in [7, 11) is 0. The Kier molecular flexibility index (Phi) is 5.35. The fourth-order valence-electron chi connectivity index (χ4n) is 3.99. The second-order valence-electron chi connectivity index (χ2n) is 7.71. The van der Waals surface area contributed by atoms with Crippen LogP contribution in [-0.2, 0) is 17.9 Å². The third kappa shape index (κ3) is 4.28. The van der Waals surface area contributed by atoms with Gasteiger partial charge in [0.2, 0.25) is 12.7 Å². The molecule has 5 rings (SSSR count). The minimum atomic E-state index is -0.0492. The van der Waals surface area contributed by atoms with Crippen molar-refractivity contribution >= 4 is 11.6 Å². The largest absolute Gasteiger partial charge is 0.489 e. The molecule has 158 valence electrons. The SMILES string of the molecule is O=C(CC1COc2ccccc2N1Cc1ccccc1)NCc1ccc2c(c1)OCO2. The maximum absolute atomic E-state index is 12.8. The van der Waals surface area contributed by atoms with Crippen molar-refractivity contribution in [2.24, 2.45) is 0 Å². The van der Waals surface area contributed by atoms with E-state index in [-0.39, 0.29) is 18.7 Å². The Morgan fingerprint density at radius 3 is 2.58 bits per heavy atom. The Bertz CT molecular complexity index is 1070. The number of rotatable bonds is 6. The summed E-state index contributed by atoms with van der Waals surface area (Å²) in [6, 6.07) is 24.0. The second kappa shape index (κ2) is 8.60. The molecule has 2 aliphatic rings. The number of anilines is 1. The summed E-state index contributed by atoms with van der Waals surface area (Å²) in [6.07, 6.45) is 0.353. The molecule has 1 amide bonds. The summed E-state index contributed by atoms with van der Waals surface area (Å²) >= 11 is 0. The predicted molar refractivity (Wildman–Crippen MR) is 117 cm³/mol. The Labute approximate surface area is 181 Å². The van der Waals surface area contributed by atoms with Gasteiger partial charge in [-0.1, -0.05) is 48.5 Å². The lowest BCUT2D eigenvalue weighted by atomic mass is 10.1. The zero-order valence-electron chi connectivity index (χ0n) is 17.1. The lowest BCUT2D eigenvalue weighted by Gasteiger charge is -2.38. The Hall–Kier alpha value is -3.67. The van der Waals surface area contributed by atoms with Crippen LogP contribution >= 0.6 is 0 Å². The monoisotopic (exact) mass is 416 g/mol. The Morgan fingerprint density at radius 2 is 1.68 bits per heavy atom. The molecule has 0 fully saturated rings. The fourth-order valence-corrected chi connectivity index (χ4v) is 3.99. The van der Waals surface area contributed by atoms with Crippen molar-refractivity contribution in [3.63, 3.8) is 0 Å². The highest BCUT2D eigenvalue weighted by Crippen LogP contribution is 2.35. The van der Waals surface area contributed by atoms with Crippen molar-refractivity contribution in [2.45, 2.75) is 25.6 Å². The van der Waals surface area contributed by atoms with Crippen molar-refractivity contribution in [3.05, 3.63) is 83.9 Å². The summed E-state index contributed by atoms with van der Waals surface area (Å²) in [6.45, 7) is 1.88. The van der Waals surface area contributed by atoms with Crippen molar-refractivity contribution in [3.8, 4) is 17.2 Å². The van der Waals surface area contributed by atoms with Crippen LogP contribution in [0.4, 0.5) is 5.69 Å². The highest BCUT2D eigenvalue weighted by atomic mass is 16.7. The lowest BCUT2D eigenvalue weighted by Crippen LogP contribution is -2.45. The van der Waals surface area contributed by atoms with Crippen molar-refractivity contribution < 1.29 is 19.0 Å². The summed E-state index contributed by atoms with van der Waals surface area (Å²) < 4.78 is 16.7. The second-order valence-corrected chi connectivity index (χ2v) is 7.71. The molecule has 3 aromatic rings. The molecule has 0 aromatic heterocycles. The Morgan fingerprint density at radius 1 is 0.871 bits per heavy atom. The zero-order valence-corrected chi connectivity index (χ0v) is 17.1. The molecule has 0 aliphatic carbocycles. The van der Waals surface area contributed by atoms with Gasteiger partial charge in [-0.2, -0.15) is 0 Å². The number of carbonyl (C=O) groups is 1. The standard InChI is InChI=1S/C25H24N2O4/c28-25(26-14-19-10-11-23-24(12-19)31-17-30-23)13-20-16-29-22-9-5-4-8-21(22)27(20)15-18-6-2-1-3-7-18/h1-12,20H,13-17H2,(H,26,28). The minimum Gasteiger partial charge on any atom is -0.489 e. The predicted octanol–water partition coefficient (Wildman–Crippen LogP) is 3.89. The first kappa shape index (κ1) is 19.3. The van der Waals surface area contributed by atoms with Gasteiger partial charge in [0, 0.05) is 13.1 Å². The quantitative estimate of drug-likeness (QED) is 0.661. The highest BCUT2D eigenvalue weighted by Gasteiger charge is 2.29. The van der Waals surface area contributed by atoms with Crippen molar-refractivity contribution in [2.75, 3.05) is 18.3 Å². The molecule has 31 heavy (non-hydrogen) atoms. The number of ether oxygens (including phenoxy) is 3. The van der Waals surface area contributed by atoms with Gasteiger partial charge in [0.05, 0.1) is 18.2 Å². The molecule has 0 saturated heterocycles. The Balaban J connectivity index is 1.27. The first-order chi connectivity index (χ1) is 15.3. The van der Waals surface area contributed by atoms with Gasteiger partial charge in [-0.05, 0) is 35.4 Å². The van der Waals surface area contributed by atoms with Crippen LogP contribution in [-0.4, -0.2) is 25.3 Å². The number of amides is 1. The first-order valence-corrected chi connectivity index (χ1v) is 10.4. The number of para-hydroxylation sites is 2. The summed E-state index contributed by atoms with van der Waals surface area (Å²) in [5, 5.41) is 3.03. The molecule has 1 atom stereocenters. The molecule has 2 aliphatic heterocycles. The molecular formula is C25H24N2O4. The van der Waals surface area contributed by atoms with Crippen molar-refractivity contribution in [1.82, 2.24) is 5.32 Å². The normalized spacial score (nSPS) is 16.4. The van der Waals surface area contributed by atoms with E-state index in [0.717, 1.165) is 35.0 Å². The van der Waals surface area contributed by atoms with Crippen LogP contribution in [0, 0.1) is 0 Å². The smallest absolute Gasteiger partial charge is 0.231 e. The van der Waals surface area contributed by atoms with Gasteiger partial charge in [-0.3, -0.25) is 4.79 Å². The van der Waals surface area contributed by atoms with Crippen LogP contribution in [0.3, 0.4) is 0 Å². The number of hydrogen-bond acceptors (Lipinski definition) is 5. The van der Waals surface area contributed by atoms with Crippen LogP contribution in [0.25, 0.3) is 0 Å². The zero-order chi connectivity index (χ0) is 21.0. The number of fused-ring (bicyclic) bond motifs is 2. The molecule has 2 heterocycles. The van der Waals surface area contributed by atoms with Gasteiger partial charge in [-0.15, -0.1) is 0 Å². The van der Waals surface area contributed by atoms with E-state index < -0.39 is 0 Å². The van der Waals surface area contributed by atoms with E-state index in [9.17, 15) is 4.79 Å². The average molecular weight is 416 g/mol. The maximum atomic E-state index is 12.8. The van der Waals surface area contributed by atoms with Crippen molar-refractivity contribution in [1.29, 1.82) is 0 Å². The molecule has 6 heteroatoms. The number of nitrogens with one attached hydrogen (secondary N) is 1. The van der Waals surface area contributed by atoms with Gasteiger partial charge in [-0.25, -0.2) is 0 Å². The van der Waals surface area contributed by atoms with Crippen LogP contribution in [0.15, 0.2) is 72.8 Å². The molecule has 0 bridgehead atoms. The van der Waals surface area contributed by atoms with Gasteiger partial charge in [0.25, 0.3) is 0 Å². The van der Waals surface area contributed by atoms with E-state index in [1.807, 2.05) is 54.6 Å². The van der Waals surface area contributed by atoms with E-state index in [0.29, 0.717) is 19.6 Å². The highest BCUT2D eigenvalue weighted by molar-refractivity contribution is 5.77. The molecule has 0 saturated carbocycles. The summed E-state index contributed by atoms with van der Waals surface area (Å²) in [4.78, 5) is 15.1. The first-order valence-electron chi connectivity index (χ1n) is 10.4. The van der Waals surface area contributed by atoms with Gasteiger partial charge >= 0.3 is 0 Å². The lowest BCUT2D eigenvalue weighted by molar-refractivity contribution is -0.121. The van der Waals surface area contributed by atoms with Gasteiger partial charge in [0.1, 0.15) is 12.4 Å². The molecule has 0 spiro atoms. The van der Waals surface area contributed by atoms with E-state index >= 15 is 0 Å². The van der Waals surface area contributed by atoms with Gasteiger partial charge < -0.3 is 24.4 Å². The molecule has 0 radical (unpaired) electrons. The number of nitrogens with zero attached hydrogens (tertiary/aromatic N) is 1. The minimum absolute atomic E-state index is 0.0105. The number of hydrogen-bond donors (Lipinski definition) is 1. The molecule has 1 N–H and O–H groups in total. The number of benzene rings is 3. The molecular weight excluding hydrogens is 392 g/mol. The summed E-state index contributed by atoms with van der Waals surface area (Å²) in [5.41, 5.74) is 3.19. The number of carbonyl (C=O) groups excluding carboxylic acids is 1. The van der Waals surface area contributed by atoms with Gasteiger partial charge in [0.15, 0.2) is 11.5 Å². The third-order valence-electron chi connectivity index (χ3n) is 5.59. The van der Waals surface area contributed by atoms with Crippen LogP contribution in [0.1, 0.15) is 17.5 Å². The fraction of sp³-hybridized carbons (Fsp3) is 0.240. The van der Waals surface area contributed by atoms with E-state index in [1.54, 1.807) is 0 Å². The summed E-state index contributed by atoms with van der Waals surface area (Å²) in [5.74, 6) is 2.31. The van der Waals surface area contributed by atoms with Crippen LogP contribution in [0.2, 0.25) is 0 Å². The van der Waals surface area contributed by atoms with Crippen LogP contribution in [0.5, 0.6) is 17.2 Å². The van der Waals surface area contributed by atoms with E-state index in [2.05, 4.69) is 28.4 Å². The molecule has 3 aromatic carbocycles. The van der Waals surface area contributed by atoms with E-state index in [4.69, 9.17) is 14.2 Å². The van der Waals surface area contributed by atoms with Crippen LogP contribution < -0.4 is 24.4 Å². The molecule has 6 nitrogen and oxygen atoms in total. The molecule has 1 unspecified atom stereocenters. The third-order valence-corrected chi connectivity index (χ3v) is 5.59. The maximum Gasteiger partial charge on any atom is 0.231 e.